The fraction of sp³-hybridized carbons (Fsp3) is 0.550. The molecule has 8 heteroatoms. The number of carbonyl (C=O) groups excluding carboxylic acids is 1. The summed E-state index contributed by atoms with van der Waals surface area (Å²) in [5.74, 6) is 0.749. The lowest BCUT2D eigenvalue weighted by atomic mass is 10.0. The molecule has 1 amide bonds. The SMILES string of the molecule is Cc1noc(C)c1CN1CCC(NC(=O)CN(C)Cc2ccncc2)C(O)C1. The number of β-amino-alcohol motifs (C(OH)–C–C–N with tert-alkyl or cyclic N) is 1. The number of aryl methyl sites for hydroxylation is 2. The van der Waals surface area contributed by atoms with Crippen LogP contribution in [0.25, 0.3) is 0 Å². The second-order valence-corrected chi connectivity index (χ2v) is 7.60. The molecular formula is C20H29N5O3. The van der Waals surface area contributed by atoms with E-state index in [1.807, 2.05) is 37.9 Å². The number of nitrogens with zero attached hydrogens (tertiary/aromatic N) is 4. The summed E-state index contributed by atoms with van der Waals surface area (Å²) in [6.07, 6.45) is 3.61. The number of aliphatic hydroxyl groups excluding tert-OH is 1. The molecule has 2 unspecified atom stereocenters. The molecule has 0 aromatic carbocycles. The summed E-state index contributed by atoms with van der Waals surface area (Å²) in [4.78, 5) is 20.5. The van der Waals surface area contributed by atoms with Crippen molar-refractivity contribution >= 4 is 5.91 Å². The van der Waals surface area contributed by atoms with E-state index in [0.29, 0.717) is 26.1 Å². The van der Waals surface area contributed by atoms with Crippen LogP contribution in [-0.4, -0.2) is 69.8 Å². The van der Waals surface area contributed by atoms with Gasteiger partial charge in [0.2, 0.25) is 5.91 Å². The van der Waals surface area contributed by atoms with Crippen molar-refractivity contribution in [3.63, 3.8) is 0 Å². The minimum Gasteiger partial charge on any atom is -0.390 e. The first-order valence-electron chi connectivity index (χ1n) is 9.61. The fourth-order valence-corrected chi connectivity index (χ4v) is 3.61. The number of likely N-dealkylation sites (tertiary alicyclic amines) is 1. The maximum Gasteiger partial charge on any atom is 0.234 e. The minimum absolute atomic E-state index is 0.0696. The second kappa shape index (κ2) is 9.27. The Balaban J connectivity index is 1.44. The molecule has 1 aliphatic heterocycles. The van der Waals surface area contributed by atoms with Gasteiger partial charge in [-0.3, -0.25) is 19.6 Å². The van der Waals surface area contributed by atoms with Crippen molar-refractivity contribution in [1.29, 1.82) is 0 Å². The third-order valence-electron chi connectivity index (χ3n) is 5.19. The summed E-state index contributed by atoms with van der Waals surface area (Å²) in [6, 6.07) is 3.66. The Morgan fingerprint density at radius 2 is 2.14 bits per heavy atom. The molecule has 2 N–H and O–H groups in total. The van der Waals surface area contributed by atoms with Crippen molar-refractivity contribution in [3.05, 3.63) is 47.1 Å². The summed E-state index contributed by atoms with van der Waals surface area (Å²) >= 11 is 0. The van der Waals surface area contributed by atoms with Gasteiger partial charge in [-0.1, -0.05) is 5.16 Å². The first-order chi connectivity index (χ1) is 13.4. The van der Waals surface area contributed by atoms with E-state index in [0.717, 1.165) is 29.1 Å². The number of nitrogens with one attached hydrogen (secondary N) is 1. The van der Waals surface area contributed by atoms with Crippen molar-refractivity contribution in [2.75, 3.05) is 26.7 Å². The van der Waals surface area contributed by atoms with Gasteiger partial charge in [-0.25, -0.2) is 0 Å². The second-order valence-electron chi connectivity index (χ2n) is 7.60. The van der Waals surface area contributed by atoms with Crippen LogP contribution in [-0.2, 0) is 17.9 Å². The van der Waals surface area contributed by atoms with E-state index in [2.05, 4.69) is 20.4 Å². The van der Waals surface area contributed by atoms with Gasteiger partial charge in [0.15, 0.2) is 0 Å². The number of amides is 1. The number of aliphatic hydroxyl groups is 1. The summed E-state index contributed by atoms with van der Waals surface area (Å²) < 4.78 is 5.21. The third-order valence-corrected chi connectivity index (χ3v) is 5.19. The average molecular weight is 387 g/mol. The molecule has 2 atom stereocenters. The molecule has 2 aromatic heterocycles. The predicted octanol–water partition coefficient (Wildman–Crippen LogP) is 0.870. The van der Waals surface area contributed by atoms with Gasteiger partial charge in [0, 0.05) is 44.1 Å². The van der Waals surface area contributed by atoms with E-state index in [1.54, 1.807) is 12.4 Å². The number of hydrogen-bond donors (Lipinski definition) is 2. The number of pyridine rings is 1. The van der Waals surface area contributed by atoms with Crippen LogP contribution in [0.5, 0.6) is 0 Å². The Kier molecular flexibility index (Phi) is 6.77. The van der Waals surface area contributed by atoms with Crippen molar-refractivity contribution in [3.8, 4) is 0 Å². The van der Waals surface area contributed by atoms with E-state index in [4.69, 9.17) is 4.52 Å². The quantitative estimate of drug-likeness (QED) is 0.728. The predicted molar refractivity (Wildman–Crippen MR) is 104 cm³/mol. The van der Waals surface area contributed by atoms with E-state index in [9.17, 15) is 9.90 Å². The highest BCUT2D eigenvalue weighted by Crippen LogP contribution is 2.19. The average Bonchev–Trinajstić information content (AvgIpc) is 2.96. The van der Waals surface area contributed by atoms with E-state index in [1.165, 1.54) is 0 Å². The summed E-state index contributed by atoms with van der Waals surface area (Å²) in [5.41, 5.74) is 3.07. The molecular weight excluding hydrogens is 358 g/mol. The van der Waals surface area contributed by atoms with Gasteiger partial charge >= 0.3 is 0 Å². The van der Waals surface area contributed by atoms with Crippen LogP contribution in [0.2, 0.25) is 0 Å². The van der Waals surface area contributed by atoms with Crippen molar-refractivity contribution in [1.82, 2.24) is 25.3 Å². The minimum atomic E-state index is -0.594. The molecule has 8 nitrogen and oxygen atoms in total. The maximum absolute atomic E-state index is 12.4. The van der Waals surface area contributed by atoms with Crippen LogP contribution in [0.4, 0.5) is 0 Å². The molecule has 1 fully saturated rings. The van der Waals surface area contributed by atoms with Gasteiger partial charge in [-0.05, 0) is 45.0 Å². The molecule has 1 saturated heterocycles. The van der Waals surface area contributed by atoms with Crippen LogP contribution >= 0.6 is 0 Å². The van der Waals surface area contributed by atoms with Crippen LogP contribution in [0.3, 0.4) is 0 Å². The van der Waals surface area contributed by atoms with Gasteiger partial charge in [-0.15, -0.1) is 0 Å². The Morgan fingerprint density at radius 3 is 2.79 bits per heavy atom. The molecule has 0 aliphatic carbocycles. The maximum atomic E-state index is 12.4. The molecule has 3 rings (SSSR count). The number of likely N-dealkylation sites (N-methyl/N-ethyl adjacent to an activating group) is 1. The van der Waals surface area contributed by atoms with Crippen molar-refractivity contribution < 1.29 is 14.4 Å². The largest absolute Gasteiger partial charge is 0.390 e. The number of hydrogen-bond acceptors (Lipinski definition) is 7. The van der Waals surface area contributed by atoms with Crippen LogP contribution in [0, 0.1) is 13.8 Å². The molecule has 0 radical (unpaired) electrons. The standard InChI is InChI=1S/C20H29N5O3/c1-14-17(15(2)28-23-14)11-25-9-6-18(19(26)12-25)22-20(27)13-24(3)10-16-4-7-21-8-5-16/h4-5,7-8,18-19,26H,6,9-13H2,1-3H3,(H,22,27). The third kappa shape index (κ3) is 5.37. The first-order valence-corrected chi connectivity index (χ1v) is 9.61. The molecule has 3 heterocycles. The number of aromatic nitrogens is 2. The number of piperidine rings is 1. The van der Waals surface area contributed by atoms with Crippen molar-refractivity contribution in [2.24, 2.45) is 0 Å². The van der Waals surface area contributed by atoms with Gasteiger partial charge in [0.25, 0.3) is 0 Å². The lowest BCUT2D eigenvalue weighted by Crippen LogP contribution is -2.55. The normalized spacial score (nSPS) is 20.5. The summed E-state index contributed by atoms with van der Waals surface area (Å²) in [7, 11) is 1.91. The van der Waals surface area contributed by atoms with Crippen LogP contribution in [0.1, 0.15) is 29.0 Å². The fourth-order valence-electron chi connectivity index (χ4n) is 3.61. The number of carbonyl (C=O) groups is 1. The van der Waals surface area contributed by atoms with Gasteiger partial charge in [-0.2, -0.15) is 0 Å². The summed E-state index contributed by atoms with van der Waals surface area (Å²) in [6.45, 7) is 6.82. The van der Waals surface area contributed by atoms with Gasteiger partial charge in [0.05, 0.1) is 24.4 Å². The van der Waals surface area contributed by atoms with E-state index < -0.39 is 6.10 Å². The monoisotopic (exact) mass is 387 g/mol. The Morgan fingerprint density at radius 1 is 1.39 bits per heavy atom. The Labute approximate surface area is 165 Å². The summed E-state index contributed by atoms with van der Waals surface area (Å²) in [5, 5.41) is 17.5. The molecule has 1 aliphatic rings. The van der Waals surface area contributed by atoms with Gasteiger partial charge in [0.1, 0.15) is 5.76 Å². The molecule has 0 spiro atoms. The van der Waals surface area contributed by atoms with Crippen LogP contribution < -0.4 is 5.32 Å². The lowest BCUT2D eigenvalue weighted by Gasteiger charge is -2.36. The molecule has 2 aromatic rings. The highest BCUT2D eigenvalue weighted by Gasteiger charge is 2.29. The zero-order valence-electron chi connectivity index (χ0n) is 16.8. The number of rotatable bonds is 7. The van der Waals surface area contributed by atoms with Gasteiger partial charge < -0.3 is 14.9 Å². The lowest BCUT2D eigenvalue weighted by molar-refractivity contribution is -0.124. The molecule has 28 heavy (non-hydrogen) atoms. The van der Waals surface area contributed by atoms with Crippen molar-refractivity contribution in [2.45, 2.75) is 45.5 Å². The topological polar surface area (TPSA) is 94.7 Å². The highest BCUT2D eigenvalue weighted by molar-refractivity contribution is 5.78. The molecule has 0 bridgehead atoms. The highest BCUT2D eigenvalue weighted by atomic mass is 16.5. The zero-order valence-corrected chi connectivity index (χ0v) is 16.8. The van der Waals surface area contributed by atoms with E-state index in [-0.39, 0.29) is 18.5 Å². The Hall–Kier alpha value is -2.29. The molecule has 0 saturated carbocycles. The Bertz CT molecular complexity index is 760. The molecule has 152 valence electrons. The smallest absolute Gasteiger partial charge is 0.234 e. The van der Waals surface area contributed by atoms with E-state index >= 15 is 0 Å². The van der Waals surface area contributed by atoms with Crippen LogP contribution in [0.15, 0.2) is 29.0 Å². The first kappa shape index (κ1) is 20.4. The zero-order chi connectivity index (χ0) is 20.1.